The maximum atomic E-state index is 12.4. The molecule has 1 aliphatic rings. The van der Waals surface area contributed by atoms with E-state index < -0.39 is 15.9 Å². The average molecular weight is 469 g/mol. The number of para-hydroxylation sites is 1. The molecule has 0 fully saturated rings. The Morgan fingerprint density at radius 1 is 1.32 bits per heavy atom. The molecule has 0 atom stereocenters. The Balaban J connectivity index is 1.60. The van der Waals surface area contributed by atoms with Gasteiger partial charge in [0.1, 0.15) is 12.2 Å². The predicted octanol–water partition coefficient (Wildman–Crippen LogP) is 2.62. The van der Waals surface area contributed by atoms with E-state index in [0.717, 1.165) is 17.7 Å². The molecule has 28 heavy (non-hydrogen) atoms. The number of nitrogens with two attached hydrogens (primary N) is 1. The van der Waals surface area contributed by atoms with Crippen molar-refractivity contribution >= 4 is 31.9 Å². The van der Waals surface area contributed by atoms with Crippen LogP contribution in [0.2, 0.25) is 0 Å². The molecule has 0 aromatic heterocycles. The average Bonchev–Trinajstić information content (AvgIpc) is 2.92. The van der Waals surface area contributed by atoms with Gasteiger partial charge in [0, 0.05) is 16.5 Å². The number of nitrogens with one attached hydrogen (secondary N) is 1. The van der Waals surface area contributed by atoms with Crippen LogP contribution in [0.5, 0.6) is 11.5 Å². The molecule has 0 aliphatic carbocycles. The highest BCUT2D eigenvalue weighted by Crippen LogP contribution is 2.41. The van der Waals surface area contributed by atoms with Crippen molar-refractivity contribution in [3.05, 3.63) is 52.0 Å². The first-order valence-electron chi connectivity index (χ1n) is 8.61. The van der Waals surface area contributed by atoms with E-state index in [1.807, 2.05) is 32.0 Å². The number of benzene rings is 2. The Morgan fingerprint density at radius 2 is 2.07 bits per heavy atom. The summed E-state index contributed by atoms with van der Waals surface area (Å²) in [6.07, 6.45) is 0.810. The van der Waals surface area contributed by atoms with Crippen LogP contribution in [-0.2, 0) is 16.4 Å². The molecule has 9 heteroatoms. The smallest absolute Gasteiger partial charge is 0.252 e. The van der Waals surface area contributed by atoms with Crippen LogP contribution in [0.15, 0.2) is 45.8 Å². The van der Waals surface area contributed by atoms with E-state index in [0.29, 0.717) is 10.2 Å². The lowest BCUT2D eigenvalue weighted by atomic mass is 10.0. The summed E-state index contributed by atoms with van der Waals surface area (Å²) >= 11 is 3.24. The molecule has 2 aromatic rings. The maximum absolute atomic E-state index is 12.4. The van der Waals surface area contributed by atoms with Gasteiger partial charge in [-0.05, 0) is 54.0 Å². The highest BCUT2D eigenvalue weighted by Gasteiger charge is 2.32. The fourth-order valence-electron chi connectivity index (χ4n) is 2.98. The second-order valence-corrected chi connectivity index (χ2v) is 9.49. The zero-order valence-electron chi connectivity index (χ0n) is 15.5. The summed E-state index contributed by atoms with van der Waals surface area (Å²) in [4.78, 5) is 12.2. The molecule has 0 saturated heterocycles. The van der Waals surface area contributed by atoms with Crippen molar-refractivity contribution in [1.29, 1.82) is 0 Å². The number of hydrogen-bond acceptors (Lipinski definition) is 5. The van der Waals surface area contributed by atoms with Gasteiger partial charge in [0.05, 0.1) is 17.0 Å². The molecule has 7 nitrogen and oxygen atoms in total. The maximum Gasteiger partial charge on any atom is 0.252 e. The van der Waals surface area contributed by atoms with Crippen LogP contribution in [0.4, 0.5) is 0 Å². The van der Waals surface area contributed by atoms with E-state index in [1.54, 1.807) is 0 Å². The molecule has 1 amide bonds. The summed E-state index contributed by atoms with van der Waals surface area (Å²) in [5.74, 6) is 0.939. The van der Waals surface area contributed by atoms with Gasteiger partial charge in [0.15, 0.2) is 11.5 Å². The number of rotatable bonds is 6. The molecule has 0 radical (unpaired) electrons. The number of hydrogen-bond donors (Lipinski definition) is 2. The van der Waals surface area contributed by atoms with Crippen LogP contribution in [0.1, 0.15) is 29.8 Å². The van der Waals surface area contributed by atoms with Crippen LogP contribution in [0.25, 0.3) is 0 Å². The van der Waals surface area contributed by atoms with Gasteiger partial charge in [-0.2, -0.15) is 0 Å². The zero-order valence-corrected chi connectivity index (χ0v) is 17.9. The molecule has 1 aliphatic heterocycles. The Labute approximate surface area is 172 Å². The van der Waals surface area contributed by atoms with Crippen molar-refractivity contribution in [2.24, 2.45) is 5.14 Å². The standard InChI is InChI=1S/C19H21BrN2O5S/c1-19(2)11-12-4-3-5-16(17(12)27-19)26-9-8-22-18(23)14-10-13(28(21,24)25)6-7-15(14)20/h3-7,10H,8-9,11H2,1-2H3,(H,22,23)(H2,21,24,25). The first kappa shape index (κ1) is 20.6. The second-order valence-electron chi connectivity index (χ2n) is 7.07. The summed E-state index contributed by atoms with van der Waals surface area (Å²) in [6.45, 7) is 4.51. The van der Waals surface area contributed by atoms with Gasteiger partial charge < -0.3 is 14.8 Å². The molecule has 1 heterocycles. The normalized spacial score (nSPS) is 14.9. The Kier molecular flexibility index (Phi) is 5.69. The molecule has 3 rings (SSSR count). The number of fused-ring (bicyclic) bond motifs is 1. The Hall–Kier alpha value is -2.10. The van der Waals surface area contributed by atoms with Crippen LogP contribution in [0.3, 0.4) is 0 Å². The summed E-state index contributed by atoms with van der Waals surface area (Å²) in [5, 5.41) is 7.82. The minimum atomic E-state index is -3.89. The van der Waals surface area contributed by atoms with Crippen LogP contribution in [0, 0.1) is 0 Å². The predicted molar refractivity (Wildman–Crippen MR) is 108 cm³/mol. The summed E-state index contributed by atoms with van der Waals surface area (Å²) in [6, 6.07) is 9.78. The first-order valence-corrected chi connectivity index (χ1v) is 10.9. The van der Waals surface area contributed by atoms with Gasteiger partial charge in [0.2, 0.25) is 10.0 Å². The molecule has 0 bridgehead atoms. The molecule has 3 N–H and O–H groups in total. The highest BCUT2D eigenvalue weighted by atomic mass is 79.9. The molecule has 150 valence electrons. The van der Waals surface area contributed by atoms with Gasteiger partial charge in [-0.25, -0.2) is 13.6 Å². The summed E-state index contributed by atoms with van der Waals surface area (Å²) in [7, 11) is -3.89. The quantitative estimate of drug-likeness (QED) is 0.633. The van der Waals surface area contributed by atoms with E-state index in [1.165, 1.54) is 18.2 Å². The van der Waals surface area contributed by atoms with E-state index in [2.05, 4.69) is 21.2 Å². The lowest BCUT2D eigenvalue weighted by molar-refractivity contribution is 0.0945. The van der Waals surface area contributed by atoms with Gasteiger partial charge in [-0.3, -0.25) is 4.79 Å². The highest BCUT2D eigenvalue weighted by molar-refractivity contribution is 9.10. The number of sulfonamides is 1. The number of primary sulfonamides is 1. The van der Waals surface area contributed by atoms with Crippen molar-refractivity contribution in [3.8, 4) is 11.5 Å². The molecule has 2 aromatic carbocycles. The SMILES string of the molecule is CC1(C)Cc2cccc(OCCNC(=O)c3cc(S(N)(=O)=O)ccc3Br)c2O1. The largest absolute Gasteiger partial charge is 0.488 e. The van der Waals surface area contributed by atoms with Crippen molar-refractivity contribution in [2.75, 3.05) is 13.2 Å². The third-order valence-corrected chi connectivity index (χ3v) is 5.81. The van der Waals surface area contributed by atoms with Crippen LogP contribution < -0.4 is 19.9 Å². The molecular formula is C19H21BrN2O5S. The molecular weight excluding hydrogens is 448 g/mol. The third kappa shape index (κ3) is 4.65. The van der Waals surface area contributed by atoms with Gasteiger partial charge in [0.25, 0.3) is 5.91 Å². The van der Waals surface area contributed by atoms with Crippen molar-refractivity contribution in [3.63, 3.8) is 0 Å². The van der Waals surface area contributed by atoms with Crippen LogP contribution in [-0.4, -0.2) is 33.1 Å². The van der Waals surface area contributed by atoms with E-state index >= 15 is 0 Å². The zero-order chi connectivity index (χ0) is 20.5. The van der Waals surface area contributed by atoms with Gasteiger partial charge in [-0.15, -0.1) is 0 Å². The molecule has 0 unspecified atom stereocenters. The third-order valence-electron chi connectivity index (χ3n) is 4.21. The monoisotopic (exact) mass is 468 g/mol. The first-order chi connectivity index (χ1) is 13.1. The fraction of sp³-hybridized carbons (Fsp3) is 0.316. The number of carbonyl (C=O) groups excluding carboxylic acids is 1. The van der Waals surface area contributed by atoms with Gasteiger partial charge >= 0.3 is 0 Å². The van der Waals surface area contributed by atoms with E-state index in [9.17, 15) is 13.2 Å². The Morgan fingerprint density at radius 3 is 2.79 bits per heavy atom. The number of halogens is 1. The lowest BCUT2D eigenvalue weighted by Gasteiger charge is -2.18. The summed E-state index contributed by atoms with van der Waals surface area (Å²) < 4.78 is 35.1. The van der Waals surface area contributed by atoms with Crippen LogP contribution >= 0.6 is 15.9 Å². The minimum Gasteiger partial charge on any atom is -0.488 e. The van der Waals surface area contributed by atoms with Crippen molar-refractivity contribution in [1.82, 2.24) is 5.32 Å². The number of carbonyl (C=O) groups is 1. The fourth-order valence-corrected chi connectivity index (χ4v) is 3.94. The topological polar surface area (TPSA) is 108 Å². The lowest BCUT2D eigenvalue weighted by Crippen LogP contribution is -2.29. The van der Waals surface area contributed by atoms with E-state index in [4.69, 9.17) is 14.6 Å². The number of amides is 1. The minimum absolute atomic E-state index is 0.128. The van der Waals surface area contributed by atoms with E-state index in [-0.39, 0.29) is 29.2 Å². The molecule has 0 spiro atoms. The Bertz CT molecular complexity index is 1020. The van der Waals surface area contributed by atoms with Gasteiger partial charge in [-0.1, -0.05) is 12.1 Å². The van der Waals surface area contributed by atoms with Crippen molar-refractivity contribution < 1.29 is 22.7 Å². The number of ether oxygens (including phenoxy) is 2. The second kappa shape index (κ2) is 7.73. The molecule has 0 saturated carbocycles. The summed E-state index contributed by atoms with van der Waals surface area (Å²) in [5.41, 5.74) is 1.00. The van der Waals surface area contributed by atoms with Crippen molar-refractivity contribution in [2.45, 2.75) is 30.8 Å².